The maximum atomic E-state index is 12.3. The van der Waals surface area contributed by atoms with Crippen LogP contribution in [0.1, 0.15) is 25.0 Å². The lowest BCUT2D eigenvalue weighted by atomic mass is 9.98. The molecule has 1 atom stereocenters. The van der Waals surface area contributed by atoms with Crippen LogP contribution in [-0.2, 0) is 22.4 Å². The van der Waals surface area contributed by atoms with Gasteiger partial charge in [0.1, 0.15) is 11.5 Å². The van der Waals surface area contributed by atoms with Crippen LogP contribution >= 0.6 is 0 Å². The Labute approximate surface area is 165 Å². The molecule has 2 N–H and O–H groups in total. The number of carboxylic acid groups (broad SMARTS) is 1. The van der Waals surface area contributed by atoms with Gasteiger partial charge in [-0.3, -0.25) is 9.59 Å². The molecule has 0 spiro atoms. The summed E-state index contributed by atoms with van der Waals surface area (Å²) in [4.78, 5) is 23.9. The highest BCUT2D eigenvalue weighted by Gasteiger charge is 2.20. The highest BCUT2D eigenvalue weighted by Crippen LogP contribution is 2.21. The zero-order valence-corrected chi connectivity index (χ0v) is 16.5. The molecule has 0 fully saturated rings. The Hall–Kier alpha value is -3.02. The van der Waals surface area contributed by atoms with Crippen LogP contribution in [0.25, 0.3) is 0 Å². The van der Waals surface area contributed by atoms with E-state index in [9.17, 15) is 14.7 Å². The molecule has 2 rings (SSSR count). The fraction of sp³-hybridized carbons (Fsp3) is 0.364. The molecular weight excluding hydrogens is 358 g/mol. The highest BCUT2D eigenvalue weighted by atomic mass is 16.5. The molecule has 6 nitrogen and oxygen atoms in total. The molecule has 28 heavy (non-hydrogen) atoms. The molecule has 0 saturated heterocycles. The predicted molar refractivity (Wildman–Crippen MR) is 107 cm³/mol. The summed E-state index contributed by atoms with van der Waals surface area (Å²) in [6.45, 7) is 3.93. The zero-order valence-electron chi connectivity index (χ0n) is 16.5. The third-order valence-corrected chi connectivity index (χ3v) is 4.19. The summed E-state index contributed by atoms with van der Waals surface area (Å²) in [6.07, 6.45) is 0.489. The van der Waals surface area contributed by atoms with E-state index in [0.717, 1.165) is 11.1 Å². The van der Waals surface area contributed by atoms with Gasteiger partial charge in [0.05, 0.1) is 25.6 Å². The first-order chi connectivity index (χ1) is 13.4. The van der Waals surface area contributed by atoms with E-state index < -0.39 is 11.9 Å². The number of amides is 1. The normalized spacial score (nSPS) is 11.7. The van der Waals surface area contributed by atoms with Crippen molar-refractivity contribution in [3.05, 3.63) is 59.7 Å². The summed E-state index contributed by atoms with van der Waals surface area (Å²) in [5, 5.41) is 12.2. The Balaban J connectivity index is 1.94. The second-order valence-corrected chi connectivity index (χ2v) is 6.85. The number of para-hydroxylation sites is 1. The van der Waals surface area contributed by atoms with Crippen LogP contribution in [0.2, 0.25) is 0 Å². The number of rotatable bonds is 10. The van der Waals surface area contributed by atoms with Gasteiger partial charge < -0.3 is 19.9 Å². The quantitative estimate of drug-likeness (QED) is 0.657. The minimum Gasteiger partial charge on any atom is -0.496 e. The second kappa shape index (κ2) is 10.3. The van der Waals surface area contributed by atoms with E-state index in [2.05, 4.69) is 5.32 Å². The summed E-state index contributed by atoms with van der Waals surface area (Å²) in [7, 11) is 1.55. The lowest BCUT2D eigenvalue weighted by molar-refractivity contribution is -0.141. The Kier molecular flexibility index (Phi) is 7.87. The van der Waals surface area contributed by atoms with Crippen LogP contribution < -0.4 is 14.8 Å². The molecule has 0 aliphatic rings. The van der Waals surface area contributed by atoms with Crippen LogP contribution in [0.15, 0.2) is 48.5 Å². The van der Waals surface area contributed by atoms with E-state index in [0.29, 0.717) is 11.5 Å². The van der Waals surface area contributed by atoms with Crippen molar-refractivity contribution in [2.75, 3.05) is 13.7 Å². The largest absolute Gasteiger partial charge is 0.496 e. The van der Waals surface area contributed by atoms with Gasteiger partial charge in [0.25, 0.3) is 0 Å². The minimum absolute atomic E-state index is 0.0500. The molecule has 0 aromatic heterocycles. The summed E-state index contributed by atoms with van der Waals surface area (Å²) < 4.78 is 10.9. The van der Waals surface area contributed by atoms with Gasteiger partial charge in [-0.1, -0.05) is 30.3 Å². The molecule has 2 aromatic rings. The van der Waals surface area contributed by atoms with Crippen LogP contribution in [0.4, 0.5) is 0 Å². The van der Waals surface area contributed by atoms with Gasteiger partial charge in [-0.05, 0) is 49.6 Å². The molecule has 1 amide bonds. The van der Waals surface area contributed by atoms with Gasteiger partial charge in [0.15, 0.2) is 0 Å². The lowest BCUT2D eigenvalue weighted by Gasteiger charge is -2.16. The first-order valence-corrected chi connectivity index (χ1v) is 9.26. The Morgan fingerprint density at radius 2 is 1.86 bits per heavy atom. The number of carbonyl (C=O) groups excluding carboxylic acids is 1. The average Bonchev–Trinajstić information content (AvgIpc) is 2.65. The first kappa shape index (κ1) is 21.3. The van der Waals surface area contributed by atoms with Crippen molar-refractivity contribution in [3.8, 4) is 11.5 Å². The van der Waals surface area contributed by atoms with Crippen molar-refractivity contribution in [2.45, 2.75) is 32.8 Å². The maximum absolute atomic E-state index is 12.3. The van der Waals surface area contributed by atoms with E-state index >= 15 is 0 Å². The number of nitrogens with one attached hydrogen (secondary N) is 1. The number of carboxylic acids is 1. The van der Waals surface area contributed by atoms with Gasteiger partial charge in [0, 0.05) is 6.54 Å². The van der Waals surface area contributed by atoms with Gasteiger partial charge in [-0.2, -0.15) is 0 Å². The van der Waals surface area contributed by atoms with Gasteiger partial charge in [-0.15, -0.1) is 0 Å². The molecule has 6 heteroatoms. The van der Waals surface area contributed by atoms with Crippen molar-refractivity contribution in [3.63, 3.8) is 0 Å². The molecular formula is C22H27NO5. The van der Waals surface area contributed by atoms with Crippen molar-refractivity contribution in [2.24, 2.45) is 5.92 Å². The van der Waals surface area contributed by atoms with Crippen molar-refractivity contribution >= 4 is 11.9 Å². The van der Waals surface area contributed by atoms with E-state index in [1.54, 1.807) is 13.2 Å². The topological polar surface area (TPSA) is 84.9 Å². The fourth-order valence-electron chi connectivity index (χ4n) is 2.87. The minimum atomic E-state index is -0.960. The van der Waals surface area contributed by atoms with Crippen molar-refractivity contribution in [1.29, 1.82) is 0 Å². The predicted octanol–water partition coefficient (Wildman–Crippen LogP) is 3.08. The third kappa shape index (κ3) is 6.61. The molecule has 0 radical (unpaired) electrons. The number of hydrogen-bond donors (Lipinski definition) is 2. The molecule has 2 aromatic carbocycles. The van der Waals surface area contributed by atoms with Gasteiger partial charge >= 0.3 is 5.97 Å². The van der Waals surface area contributed by atoms with E-state index in [1.807, 2.05) is 56.3 Å². The lowest BCUT2D eigenvalue weighted by Crippen LogP contribution is -2.35. The molecule has 0 aliphatic carbocycles. The number of hydrogen-bond acceptors (Lipinski definition) is 4. The molecule has 0 saturated carbocycles. The Morgan fingerprint density at radius 1 is 1.11 bits per heavy atom. The van der Waals surface area contributed by atoms with Gasteiger partial charge in [-0.25, -0.2) is 0 Å². The van der Waals surface area contributed by atoms with E-state index in [-0.39, 0.29) is 31.4 Å². The molecule has 0 bridgehead atoms. The number of carbonyl (C=O) groups is 2. The summed E-state index contributed by atoms with van der Waals surface area (Å²) in [5.41, 5.74) is 1.61. The Morgan fingerprint density at radius 3 is 2.54 bits per heavy atom. The summed E-state index contributed by atoms with van der Waals surface area (Å²) >= 11 is 0. The molecule has 1 unspecified atom stereocenters. The van der Waals surface area contributed by atoms with Gasteiger partial charge in [0.2, 0.25) is 5.91 Å². The summed E-state index contributed by atoms with van der Waals surface area (Å²) in [6, 6.07) is 14.6. The maximum Gasteiger partial charge on any atom is 0.308 e. The molecule has 150 valence electrons. The first-order valence-electron chi connectivity index (χ1n) is 9.26. The van der Waals surface area contributed by atoms with E-state index in [1.165, 1.54) is 0 Å². The number of aliphatic carboxylic acids is 1. The monoisotopic (exact) mass is 385 g/mol. The van der Waals surface area contributed by atoms with Crippen LogP contribution in [-0.4, -0.2) is 36.7 Å². The smallest absolute Gasteiger partial charge is 0.308 e. The second-order valence-electron chi connectivity index (χ2n) is 6.85. The van der Waals surface area contributed by atoms with Crippen LogP contribution in [0.5, 0.6) is 11.5 Å². The number of methoxy groups -OCH3 is 1. The summed E-state index contributed by atoms with van der Waals surface area (Å²) in [5.74, 6) is -0.579. The molecule has 0 heterocycles. The number of benzene rings is 2. The zero-order chi connectivity index (χ0) is 20.5. The van der Waals surface area contributed by atoms with E-state index in [4.69, 9.17) is 9.47 Å². The average molecular weight is 385 g/mol. The standard InChI is InChI=1S/C22H27NO5/c1-15(2)28-19-9-6-7-16(11-19)12-21(24)23-14-18(22(25)26)13-17-8-4-5-10-20(17)27-3/h4-11,15,18H,12-14H2,1-3H3,(H,23,24)(H,25,26). The number of ether oxygens (including phenoxy) is 2. The SMILES string of the molecule is COc1ccccc1CC(CNC(=O)Cc1cccc(OC(C)C)c1)C(=O)O. The Bertz CT molecular complexity index is 803. The van der Waals surface area contributed by atoms with Crippen molar-refractivity contribution < 1.29 is 24.2 Å². The molecule has 0 aliphatic heterocycles. The van der Waals surface area contributed by atoms with Crippen molar-refractivity contribution in [1.82, 2.24) is 5.32 Å². The highest BCUT2D eigenvalue weighted by molar-refractivity contribution is 5.79. The fourth-order valence-corrected chi connectivity index (χ4v) is 2.87. The van der Waals surface area contributed by atoms with Crippen LogP contribution in [0.3, 0.4) is 0 Å². The third-order valence-electron chi connectivity index (χ3n) is 4.19. The van der Waals surface area contributed by atoms with Crippen LogP contribution in [0, 0.1) is 5.92 Å².